The fourth-order valence-corrected chi connectivity index (χ4v) is 2.12. The Labute approximate surface area is 141 Å². The molecule has 2 aromatic rings. The molecule has 2 N–H and O–H groups in total. The summed E-state index contributed by atoms with van der Waals surface area (Å²) in [4.78, 5) is 28.5. The molecule has 126 valence electrons. The minimum Gasteiger partial charge on any atom is -0.495 e. The summed E-state index contributed by atoms with van der Waals surface area (Å²) >= 11 is 0. The summed E-state index contributed by atoms with van der Waals surface area (Å²) in [6.45, 7) is 4.45. The molecule has 0 aliphatic heterocycles. The Morgan fingerprint density at radius 1 is 1.12 bits per heavy atom. The van der Waals surface area contributed by atoms with Crippen LogP contribution in [0.4, 0.5) is 5.69 Å². The van der Waals surface area contributed by atoms with Crippen LogP contribution in [0.15, 0.2) is 36.4 Å². The predicted molar refractivity (Wildman–Crippen MR) is 92.5 cm³/mol. The van der Waals surface area contributed by atoms with Gasteiger partial charge < -0.3 is 15.4 Å². The molecule has 0 radical (unpaired) electrons. The third-order valence-corrected chi connectivity index (χ3v) is 3.35. The van der Waals surface area contributed by atoms with Crippen LogP contribution < -0.4 is 15.4 Å². The number of amides is 2. The fourth-order valence-electron chi connectivity index (χ4n) is 2.12. The lowest BCUT2D eigenvalue weighted by Crippen LogP contribution is -2.26. The predicted octanol–water partition coefficient (Wildman–Crippen LogP) is 2.79. The smallest absolute Gasteiger partial charge is 0.274 e. The summed E-state index contributed by atoms with van der Waals surface area (Å²) < 4.78 is 5.24. The van der Waals surface area contributed by atoms with Crippen LogP contribution in [0.3, 0.4) is 0 Å². The Morgan fingerprint density at radius 3 is 2.50 bits per heavy atom. The van der Waals surface area contributed by atoms with Gasteiger partial charge >= 0.3 is 0 Å². The van der Waals surface area contributed by atoms with Crippen LogP contribution in [0.1, 0.15) is 39.9 Å². The van der Waals surface area contributed by atoms with Gasteiger partial charge in [0, 0.05) is 6.54 Å². The first kappa shape index (κ1) is 17.5. The molecule has 0 saturated carbocycles. The number of hydrogen-bond donors (Lipinski definition) is 2. The van der Waals surface area contributed by atoms with Crippen molar-refractivity contribution in [3.63, 3.8) is 0 Å². The lowest BCUT2D eigenvalue weighted by molar-refractivity contribution is 0.0948. The van der Waals surface area contributed by atoms with Gasteiger partial charge in [-0.15, -0.1) is 0 Å². The normalized spacial score (nSPS) is 10.1. The first-order valence-corrected chi connectivity index (χ1v) is 7.76. The van der Waals surface area contributed by atoms with Gasteiger partial charge in [0.2, 0.25) is 0 Å². The number of aromatic nitrogens is 1. The molecule has 0 bridgehead atoms. The summed E-state index contributed by atoms with van der Waals surface area (Å²) in [5, 5.41) is 5.51. The molecule has 0 atom stereocenters. The van der Waals surface area contributed by atoms with Crippen molar-refractivity contribution in [3.05, 3.63) is 53.3 Å². The van der Waals surface area contributed by atoms with Crippen molar-refractivity contribution in [2.75, 3.05) is 19.0 Å². The van der Waals surface area contributed by atoms with Crippen molar-refractivity contribution < 1.29 is 14.3 Å². The molecule has 24 heavy (non-hydrogen) atoms. The number of carbonyl (C=O) groups excluding carboxylic acids is 2. The van der Waals surface area contributed by atoms with Crippen LogP contribution in [0, 0.1) is 6.92 Å². The lowest BCUT2D eigenvalue weighted by atomic mass is 10.2. The van der Waals surface area contributed by atoms with Gasteiger partial charge in [-0.05, 0) is 43.2 Å². The van der Waals surface area contributed by atoms with Gasteiger partial charge in [0.15, 0.2) is 0 Å². The number of nitrogens with one attached hydrogen (secondary N) is 2. The molecule has 6 nitrogen and oxygen atoms in total. The Bertz CT molecular complexity index is 744. The van der Waals surface area contributed by atoms with Gasteiger partial charge in [0.1, 0.15) is 17.1 Å². The van der Waals surface area contributed by atoms with E-state index in [1.807, 2.05) is 26.0 Å². The first-order chi connectivity index (χ1) is 11.5. The van der Waals surface area contributed by atoms with E-state index in [1.165, 1.54) is 7.11 Å². The molecule has 0 fully saturated rings. The Kier molecular flexibility index (Phi) is 5.89. The molecule has 0 aliphatic rings. The van der Waals surface area contributed by atoms with E-state index < -0.39 is 5.91 Å². The molecule has 0 aliphatic carbocycles. The number of nitrogens with zero attached hydrogens (tertiary/aromatic N) is 1. The van der Waals surface area contributed by atoms with Crippen LogP contribution in [0.2, 0.25) is 0 Å². The van der Waals surface area contributed by atoms with E-state index in [9.17, 15) is 9.59 Å². The highest BCUT2D eigenvalue weighted by Gasteiger charge is 2.14. The standard InChI is InChI=1S/C18H21N3O3/c1-4-10-19-17(22)13-6-5-7-14(20-13)18(23)21-15-11-12(2)8-9-16(15)24-3/h5-9,11H,4,10H2,1-3H3,(H,19,22)(H,21,23). The van der Waals surface area contributed by atoms with Crippen LogP contribution >= 0.6 is 0 Å². The zero-order valence-electron chi connectivity index (χ0n) is 14.1. The molecule has 0 spiro atoms. The van der Waals surface area contributed by atoms with Crippen LogP contribution in [-0.4, -0.2) is 30.5 Å². The van der Waals surface area contributed by atoms with Crippen LogP contribution in [-0.2, 0) is 0 Å². The van der Waals surface area contributed by atoms with Crippen molar-refractivity contribution in [1.29, 1.82) is 0 Å². The molecule has 0 unspecified atom stereocenters. The van der Waals surface area contributed by atoms with Gasteiger partial charge in [-0.25, -0.2) is 4.98 Å². The average Bonchev–Trinajstić information content (AvgIpc) is 2.60. The summed E-state index contributed by atoms with van der Waals surface area (Å²) in [6, 6.07) is 10.3. The van der Waals surface area contributed by atoms with Crippen molar-refractivity contribution in [2.45, 2.75) is 20.3 Å². The number of pyridine rings is 1. The Morgan fingerprint density at radius 2 is 1.83 bits per heavy atom. The van der Waals surface area contributed by atoms with Gasteiger partial charge in [0.25, 0.3) is 11.8 Å². The number of rotatable bonds is 6. The van der Waals surface area contributed by atoms with Crippen LogP contribution in [0.5, 0.6) is 5.75 Å². The summed E-state index contributed by atoms with van der Waals surface area (Å²) in [5.41, 5.74) is 1.94. The molecule has 1 heterocycles. The van der Waals surface area contributed by atoms with E-state index >= 15 is 0 Å². The molecule has 2 rings (SSSR count). The highest BCUT2D eigenvalue weighted by atomic mass is 16.5. The second kappa shape index (κ2) is 8.10. The number of benzene rings is 1. The van der Waals surface area contributed by atoms with Gasteiger partial charge in [0.05, 0.1) is 12.8 Å². The number of carbonyl (C=O) groups is 2. The summed E-state index contributed by atoms with van der Waals surface area (Å²) in [5.74, 6) is -0.130. The van der Waals surface area contributed by atoms with E-state index in [-0.39, 0.29) is 17.3 Å². The second-order valence-corrected chi connectivity index (χ2v) is 5.32. The lowest BCUT2D eigenvalue weighted by Gasteiger charge is -2.11. The van der Waals surface area contributed by atoms with Crippen molar-refractivity contribution >= 4 is 17.5 Å². The van der Waals surface area contributed by atoms with Gasteiger partial charge in [-0.2, -0.15) is 0 Å². The largest absolute Gasteiger partial charge is 0.495 e. The van der Waals surface area contributed by atoms with Crippen molar-refractivity contribution in [2.24, 2.45) is 0 Å². The molecule has 0 saturated heterocycles. The zero-order chi connectivity index (χ0) is 17.5. The molecule has 6 heteroatoms. The summed E-state index contributed by atoms with van der Waals surface area (Å²) in [7, 11) is 1.54. The highest BCUT2D eigenvalue weighted by molar-refractivity contribution is 6.04. The summed E-state index contributed by atoms with van der Waals surface area (Å²) in [6.07, 6.45) is 0.832. The topological polar surface area (TPSA) is 80.3 Å². The second-order valence-electron chi connectivity index (χ2n) is 5.32. The van der Waals surface area contributed by atoms with Crippen LogP contribution in [0.25, 0.3) is 0 Å². The average molecular weight is 327 g/mol. The SMILES string of the molecule is CCCNC(=O)c1cccc(C(=O)Nc2cc(C)ccc2OC)n1. The molecule has 2 amide bonds. The minimum atomic E-state index is -0.399. The molecular weight excluding hydrogens is 306 g/mol. The monoisotopic (exact) mass is 327 g/mol. The fraction of sp³-hybridized carbons (Fsp3) is 0.278. The quantitative estimate of drug-likeness (QED) is 0.855. The number of hydrogen-bond acceptors (Lipinski definition) is 4. The number of methoxy groups -OCH3 is 1. The number of ether oxygens (including phenoxy) is 1. The maximum absolute atomic E-state index is 12.4. The number of aryl methyl sites for hydroxylation is 1. The van der Waals surface area contributed by atoms with E-state index in [2.05, 4.69) is 15.6 Å². The van der Waals surface area contributed by atoms with Crippen molar-refractivity contribution in [3.8, 4) is 5.75 Å². The number of anilines is 1. The van der Waals surface area contributed by atoms with E-state index in [4.69, 9.17) is 4.74 Å². The van der Waals surface area contributed by atoms with E-state index in [0.717, 1.165) is 12.0 Å². The highest BCUT2D eigenvalue weighted by Crippen LogP contribution is 2.25. The third-order valence-electron chi connectivity index (χ3n) is 3.35. The third kappa shape index (κ3) is 4.32. The first-order valence-electron chi connectivity index (χ1n) is 7.76. The maximum Gasteiger partial charge on any atom is 0.274 e. The van der Waals surface area contributed by atoms with Gasteiger partial charge in [-0.3, -0.25) is 9.59 Å². The molecular formula is C18H21N3O3. The molecule has 1 aromatic carbocycles. The Hall–Kier alpha value is -2.89. The van der Waals surface area contributed by atoms with Gasteiger partial charge in [-0.1, -0.05) is 19.1 Å². The molecule has 1 aromatic heterocycles. The van der Waals surface area contributed by atoms with Crippen molar-refractivity contribution in [1.82, 2.24) is 10.3 Å². The maximum atomic E-state index is 12.4. The zero-order valence-corrected chi connectivity index (χ0v) is 14.1. The Balaban J connectivity index is 2.19. The van der Waals surface area contributed by atoms with E-state index in [0.29, 0.717) is 18.0 Å². The van der Waals surface area contributed by atoms with E-state index in [1.54, 1.807) is 24.3 Å². The minimum absolute atomic E-state index is 0.169.